The number of aliphatic hydroxyl groups excluding tert-OH is 2. The molecule has 2 saturated carbocycles. The van der Waals surface area contributed by atoms with Crippen molar-refractivity contribution in [1.82, 2.24) is 10.2 Å². The van der Waals surface area contributed by atoms with Crippen LogP contribution in [-0.4, -0.2) is 84.9 Å². The van der Waals surface area contributed by atoms with Crippen LogP contribution in [0.25, 0.3) is 0 Å². The van der Waals surface area contributed by atoms with E-state index >= 15 is 0 Å². The molecule has 2 heterocycles. The first-order chi connectivity index (χ1) is 27.3. The van der Waals surface area contributed by atoms with Crippen molar-refractivity contribution < 1.29 is 48.3 Å². The number of carbonyl (C=O) groups is 2. The van der Waals surface area contributed by atoms with Gasteiger partial charge >= 0.3 is 6.09 Å². The summed E-state index contributed by atoms with van der Waals surface area (Å²) in [6, 6.07) is 10.6. The van der Waals surface area contributed by atoms with E-state index in [9.17, 15) is 19.8 Å². The number of benzene rings is 2. The van der Waals surface area contributed by atoms with Gasteiger partial charge in [0, 0.05) is 50.1 Å². The van der Waals surface area contributed by atoms with Crippen LogP contribution in [-0.2, 0) is 20.9 Å². The first kappa shape index (κ1) is 39.6. The fourth-order valence-corrected chi connectivity index (χ4v) is 9.25. The van der Waals surface area contributed by atoms with Crippen LogP contribution < -0.4 is 24.3 Å². The summed E-state index contributed by atoms with van der Waals surface area (Å²) in [5, 5.41) is 27.1. The lowest BCUT2D eigenvalue weighted by atomic mass is 9.55. The van der Waals surface area contributed by atoms with Gasteiger partial charge in [0.2, 0.25) is 18.5 Å². The van der Waals surface area contributed by atoms with E-state index in [2.05, 4.69) is 23.1 Å². The van der Waals surface area contributed by atoms with Gasteiger partial charge in [-0.3, -0.25) is 4.79 Å². The molecule has 3 N–H and O–H groups in total. The van der Waals surface area contributed by atoms with Gasteiger partial charge in [0.1, 0.15) is 24.7 Å². The number of nitrogens with one attached hydrogen (secondary N) is 1. The Labute approximate surface area is 328 Å². The summed E-state index contributed by atoms with van der Waals surface area (Å²) < 4.78 is 31.4. The van der Waals surface area contributed by atoms with E-state index in [4.69, 9.17) is 28.5 Å². The predicted molar refractivity (Wildman–Crippen MR) is 208 cm³/mol. The molecular weight excluding hydrogens is 718 g/mol. The number of hydrogen-bond donors (Lipinski definition) is 3. The summed E-state index contributed by atoms with van der Waals surface area (Å²) in [5.41, 5.74) is 3.40. The van der Waals surface area contributed by atoms with Crippen molar-refractivity contribution in [3.63, 3.8) is 0 Å². The lowest BCUT2D eigenvalue weighted by Crippen LogP contribution is -2.70. The molecule has 2 aromatic rings. The molecule has 0 radical (unpaired) electrons. The highest BCUT2D eigenvalue weighted by atomic mass is 16.7. The third kappa shape index (κ3) is 7.99. The number of ether oxygens (including phenoxy) is 5. The minimum Gasteiger partial charge on any atom is -0.459 e. The van der Waals surface area contributed by atoms with Gasteiger partial charge in [0.15, 0.2) is 11.5 Å². The molecule has 56 heavy (non-hydrogen) atoms. The van der Waals surface area contributed by atoms with Crippen molar-refractivity contribution >= 4 is 17.7 Å². The SMILES string of the molecule is C=CCO[C@@]12Oc3ccc(OC(=O)NCC)cc3[C@H]3[C@H](CCCCO)[C@@H](CCCCO)C=C(C(=NOC)C[C@@H]1N(Cc1ccc4c(c1)OCO4)C(=O)C1CC1)[C@H]32. The van der Waals surface area contributed by atoms with Crippen molar-refractivity contribution in [3.8, 4) is 23.0 Å². The van der Waals surface area contributed by atoms with Crippen LogP contribution in [0.1, 0.15) is 81.8 Å². The molecule has 7 rings (SSSR count). The number of oxime groups is 1. The van der Waals surface area contributed by atoms with Crippen molar-refractivity contribution in [3.05, 3.63) is 71.8 Å². The molecule has 2 aromatic carbocycles. The quantitative estimate of drug-likeness (QED) is 0.0902. The number of hydrogen-bond acceptors (Lipinski definition) is 11. The smallest absolute Gasteiger partial charge is 0.412 e. The molecule has 6 atom stereocenters. The zero-order valence-corrected chi connectivity index (χ0v) is 32.5. The number of fused-ring (bicyclic) bond motifs is 3. The minimum atomic E-state index is -1.39. The van der Waals surface area contributed by atoms with E-state index < -0.39 is 23.8 Å². The molecule has 0 aromatic heterocycles. The molecule has 0 saturated heterocycles. The van der Waals surface area contributed by atoms with Crippen LogP contribution in [0.15, 0.2) is 65.9 Å². The average Bonchev–Trinajstić information content (AvgIpc) is 3.95. The Hall–Kier alpha value is -4.59. The molecule has 0 spiro atoms. The molecule has 13 nitrogen and oxygen atoms in total. The Morgan fingerprint density at radius 3 is 2.54 bits per heavy atom. The molecule has 2 fully saturated rings. The number of allylic oxidation sites excluding steroid dienone is 1. The highest BCUT2D eigenvalue weighted by molar-refractivity contribution is 6.03. The van der Waals surface area contributed by atoms with Gasteiger partial charge in [-0.15, -0.1) is 6.58 Å². The van der Waals surface area contributed by atoms with Gasteiger partial charge in [0.05, 0.1) is 18.2 Å². The van der Waals surface area contributed by atoms with Crippen molar-refractivity contribution in [2.75, 3.05) is 40.3 Å². The van der Waals surface area contributed by atoms with Crippen molar-refractivity contribution in [1.29, 1.82) is 0 Å². The zero-order valence-electron chi connectivity index (χ0n) is 32.5. The van der Waals surface area contributed by atoms with Crippen LogP contribution in [0.4, 0.5) is 4.79 Å². The Balaban J connectivity index is 1.42. The maximum atomic E-state index is 14.7. The predicted octanol–water partition coefficient (Wildman–Crippen LogP) is 6.23. The van der Waals surface area contributed by atoms with E-state index in [1.807, 2.05) is 42.2 Å². The second-order valence-corrected chi connectivity index (χ2v) is 15.3. The van der Waals surface area contributed by atoms with Gasteiger partial charge in [0.25, 0.3) is 0 Å². The number of rotatable bonds is 18. The lowest BCUT2D eigenvalue weighted by Gasteiger charge is -2.60. The standard InChI is InChI=1S/C43H55N3O10/c1-4-20-54-43-38(46(41(49)28-13-14-28)25-27-12-16-36-37(21-27)53-26-52-36)24-34(45-51-3)32-22-29(10-6-8-18-47)31(11-7-9-19-48)39(40(32)43)33-23-30(15-17-35(33)56-43)55-42(50)44-5-2/h4,12,15-17,21-23,28-29,31,38-40,47-48H,1,5-11,13-14,18-20,24-26H2,2-3H3,(H,44,50)/t29-,31+,38-,39+,40+,43+/m0/s1. The average molecular weight is 774 g/mol. The summed E-state index contributed by atoms with van der Waals surface area (Å²) in [7, 11) is 1.53. The maximum Gasteiger partial charge on any atom is 0.412 e. The Kier molecular flexibility index (Phi) is 12.5. The van der Waals surface area contributed by atoms with E-state index in [-0.39, 0.29) is 62.7 Å². The fourth-order valence-electron chi connectivity index (χ4n) is 9.25. The van der Waals surface area contributed by atoms with Crippen LogP contribution in [0.5, 0.6) is 23.0 Å². The highest BCUT2D eigenvalue weighted by Crippen LogP contribution is 2.62. The molecular formula is C43H55N3O10. The van der Waals surface area contributed by atoms with Crippen LogP contribution in [0, 0.1) is 23.7 Å². The van der Waals surface area contributed by atoms with Crippen LogP contribution in [0.2, 0.25) is 0 Å². The van der Waals surface area contributed by atoms with E-state index in [0.29, 0.717) is 54.5 Å². The Morgan fingerprint density at radius 2 is 1.80 bits per heavy atom. The number of unbranched alkanes of at least 4 members (excludes halogenated alkanes) is 2. The fraction of sp³-hybridized carbons (Fsp3) is 0.558. The van der Waals surface area contributed by atoms with E-state index in [1.165, 1.54) is 7.11 Å². The van der Waals surface area contributed by atoms with E-state index in [1.54, 1.807) is 12.1 Å². The first-order valence-corrected chi connectivity index (χ1v) is 20.1. The van der Waals surface area contributed by atoms with Gasteiger partial charge < -0.3 is 49.0 Å². The summed E-state index contributed by atoms with van der Waals surface area (Å²) >= 11 is 0. The number of aliphatic hydroxyl groups is 2. The van der Waals surface area contributed by atoms with Gasteiger partial charge in [-0.25, -0.2) is 4.79 Å². The molecule has 0 bridgehead atoms. The Bertz CT molecular complexity index is 1810. The molecule has 2 amide bonds. The summed E-state index contributed by atoms with van der Waals surface area (Å²) in [4.78, 5) is 34.8. The third-order valence-corrected chi connectivity index (χ3v) is 11.8. The number of amides is 2. The third-order valence-electron chi connectivity index (χ3n) is 11.8. The normalized spacial score (nSPS) is 26.3. The van der Waals surface area contributed by atoms with Crippen LogP contribution in [0.3, 0.4) is 0 Å². The molecule has 13 heteroatoms. The summed E-state index contributed by atoms with van der Waals surface area (Å²) in [5.74, 6) is 0.167. The zero-order chi connectivity index (χ0) is 39.2. The maximum absolute atomic E-state index is 14.7. The van der Waals surface area contributed by atoms with Gasteiger partial charge in [-0.1, -0.05) is 36.2 Å². The van der Waals surface area contributed by atoms with Crippen molar-refractivity contribution in [2.45, 2.75) is 89.0 Å². The lowest BCUT2D eigenvalue weighted by molar-refractivity contribution is -0.258. The second kappa shape index (κ2) is 17.7. The highest BCUT2D eigenvalue weighted by Gasteiger charge is 2.66. The first-order valence-electron chi connectivity index (χ1n) is 20.1. The molecule has 3 aliphatic carbocycles. The van der Waals surface area contributed by atoms with Gasteiger partial charge in [-0.2, -0.15) is 0 Å². The Morgan fingerprint density at radius 1 is 1.04 bits per heavy atom. The topological polar surface area (TPSA) is 158 Å². The monoisotopic (exact) mass is 773 g/mol. The molecule has 5 aliphatic rings. The summed E-state index contributed by atoms with van der Waals surface area (Å²) in [6.45, 7) is 7.02. The second-order valence-electron chi connectivity index (χ2n) is 15.3. The van der Waals surface area contributed by atoms with E-state index in [0.717, 1.165) is 55.2 Å². The molecule has 0 unspecified atom stereocenters. The van der Waals surface area contributed by atoms with Crippen molar-refractivity contribution in [2.24, 2.45) is 28.8 Å². The number of nitrogens with zero attached hydrogens (tertiary/aromatic N) is 2. The molecule has 302 valence electrons. The summed E-state index contributed by atoms with van der Waals surface area (Å²) in [6.07, 6.45) is 9.90. The number of carbonyl (C=O) groups excluding carboxylic acids is 2. The largest absolute Gasteiger partial charge is 0.459 e. The van der Waals surface area contributed by atoms with Gasteiger partial charge in [-0.05, 0) is 98.8 Å². The van der Waals surface area contributed by atoms with Crippen LogP contribution >= 0.6 is 0 Å². The molecule has 2 aliphatic heterocycles. The minimum absolute atomic E-state index is 0.0206.